The molecule has 23 heavy (non-hydrogen) atoms. The van der Waals surface area contributed by atoms with E-state index in [1.165, 1.54) is 19.3 Å². The van der Waals surface area contributed by atoms with Crippen molar-refractivity contribution in [3.8, 4) is 0 Å². The van der Waals surface area contributed by atoms with Crippen LogP contribution in [0.2, 0.25) is 0 Å². The molecule has 126 valence electrons. The lowest BCUT2D eigenvalue weighted by Gasteiger charge is -2.57. The minimum Gasteiger partial charge on any atom is -0.300 e. The fraction of sp³-hybridized carbons (Fsp3) is 0.810. The normalized spacial score (nSPS) is 51.8. The molecule has 0 spiro atoms. The molecule has 0 saturated heterocycles. The Morgan fingerprint density at radius 1 is 1.17 bits per heavy atom. The third-order valence-electron chi connectivity index (χ3n) is 8.41. The lowest BCUT2D eigenvalue weighted by Crippen LogP contribution is -2.51. The second-order valence-corrected chi connectivity index (χ2v) is 9.28. The molecule has 0 aromatic carbocycles. The van der Waals surface area contributed by atoms with Gasteiger partial charge in [0.25, 0.3) is 0 Å². The second-order valence-electron chi connectivity index (χ2n) is 9.28. The van der Waals surface area contributed by atoms with Gasteiger partial charge in [-0.2, -0.15) is 0 Å². The summed E-state index contributed by atoms with van der Waals surface area (Å²) in [5, 5.41) is 0. The Morgan fingerprint density at radius 3 is 2.70 bits per heavy atom. The first-order valence-electron chi connectivity index (χ1n) is 9.58. The topological polar surface area (TPSA) is 34.1 Å². The van der Waals surface area contributed by atoms with E-state index in [-0.39, 0.29) is 11.3 Å². The largest absolute Gasteiger partial charge is 0.300 e. The Bertz CT molecular complexity index is 576. The molecule has 0 aromatic rings. The minimum atomic E-state index is 0.0840. The lowest BCUT2D eigenvalue weighted by atomic mass is 9.47. The van der Waals surface area contributed by atoms with Gasteiger partial charge < -0.3 is 0 Å². The van der Waals surface area contributed by atoms with Crippen LogP contribution in [0.25, 0.3) is 0 Å². The van der Waals surface area contributed by atoms with Crippen molar-refractivity contribution < 1.29 is 9.59 Å². The summed E-state index contributed by atoms with van der Waals surface area (Å²) in [5.74, 6) is 3.69. The molecule has 0 N–H and O–H groups in total. The van der Waals surface area contributed by atoms with Gasteiger partial charge in [-0.25, -0.2) is 0 Å². The minimum absolute atomic E-state index is 0.0840. The fourth-order valence-electron chi connectivity index (χ4n) is 7.06. The summed E-state index contributed by atoms with van der Waals surface area (Å²) < 4.78 is 0. The van der Waals surface area contributed by atoms with Gasteiger partial charge in [0.15, 0.2) is 0 Å². The quantitative estimate of drug-likeness (QED) is 0.664. The van der Waals surface area contributed by atoms with Crippen LogP contribution in [-0.2, 0) is 9.59 Å². The highest BCUT2D eigenvalue weighted by molar-refractivity contribution is 5.80. The van der Waals surface area contributed by atoms with Gasteiger partial charge in [0, 0.05) is 18.8 Å². The molecule has 3 saturated carbocycles. The highest BCUT2D eigenvalue weighted by Gasteiger charge is 2.58. The monoisotopic (exact) mass is 314 g/mol. The summed E-state index contributed by atoms with van der Waals surface area (Å²) >= 11 is 0. The number of Topliss-reactive ketones (excluding diaryl/α,β-unsaturated/α-hetero) is 2. The van der Waals surface area contributed by atoms with Gasteiger partial charge in [-0.15, -0.1) is 0 Å². The van der Waals surface area contributed by atoms with Gasteiger partial charge in [0.1, 0.15) is 11.6 Å². The molecular formula is C21H30O2. The summed E-state index contributed by atoms with van der Waals surface area (Å²) in [7, 11) is 0. The first-order chi connectivity index (χ1) is 10.9. The highest BCUT2D eigenvalue weighted by atomic mass is 16.1. The molecule has 0 radical (unpaired) electrons. The van der Waals surface area contributed by atoms with E-state index in [1.807, 2.05) is 0 Å². The zero-order valence-electron chi connectivity index (χ0n) is 14.8. The molecular weight excluding hydrogens is 284 g/mol. The fourth-order valence-corrected chi connectivity index (χ4v) is 7.06. The van der Waals surface area contributed by atoms with Crippen LogP contribution < -0.4 is 0 Å². The van der Waals surface area contributed by atoms with Crippen LogP contribution in [0, 0.1) is 40.4 Å². The van der Waals surface area contributed by atoms with E-state index in [4.69, 9.17) is 0 Å². The molecule has 1 unspecified atom stereocenters. The lowest BCUT2D eigenvalue weighted by molar-refractivity contribution is -0.132. The summed E-state index contributed by atoms with van der Waals surface area (Å²) in [6, 6.07) is 0. The molecule has 2 nitrogen and oxygen atoms in total. The Kier molecular flexibility index (Phi) is 3.42. The van der Waals surface area contributed by atoms with Crippen molar-refractivity contribution >= 4 is 11.6 Å². The number of ketones is 2. The van der Waals surface area contributed by atoms with Crippen LogP contribution in [-0.4, -0.2) is 11.6 Å². The van der Waals surface area contributed by atoms with Crippen LogP contribution in [0.3, 0.4) is 0 Å². The number of carbonyl (C=O) groups is 2. The molecule has 0 aliphatic heterocycles. The maximum atomic E-state index is 12.1. The summed E-state index contributed by atoms with van der Waals surface area (Å²) in [5.41, 5.74) is 0.393. The van der Waals surface area contributed by atoms with E-state index in [2.05, 4.69) is 26.0 Å². The number of allylic oxidation sites excluding steroid dienone is 2. The average Bonchev–Trinajstić information content (AvgIpc) is 2.85. The Balaban J connectivity index is 1.69. The SMILES string of the molecule is CC(=O)[C@@H]1CC[C@@H]2[C@H]3CCC4CC(=O)CC[C@@]4(C)[C@@H]3C=C[C@]21C. The van der Waals surface area contributed by atoms with Gasteiger partial charge in [-0.05, 0) is 73.5 Å². The number of rotatable bonds is 1. The van der Waals surface area contributed by atoms with Gasteiger partial charge in [0.05, 0.1) is 0 Å². The standard InChI is InChI=1S/C21H30O2/c1-13(22)17-6-7-18-16-5-4-14-12-15(23)8-10-20(14,2)19(16)9-11-21(17,18)3/h9,11,14,16-19H,4-8,10,12H2,1-3H3/t14?,16-,17+,18-,19-,20-,21+/m1/s1. The van der Waals surface area contributed by atoms with Crippen molar-refractivity contribution in [1.29, 1.82) is 0 Å². The van der Waals surface area contributed by atoms with Crippen LogP contribution in [0.4, 0.5) is 0 Å². The molecule has 0 amide bonds. The van der Waals surface area contributed by atoms with E-state index in [0.717, 1.165) is 31.6 Å². The average molecular weight is 314 g/mol. The first kappa shape index (κ1) is 15.6. The van der Waals surface area contributed by atoms with Crippen LogP contribution >= 0.6 is 0 Å². The molecule has 2 heteroatoms. The summed E-state index contributed by atoms with van der Waals surface area (Å²) in [4.78, 5) is 24.0. The maximum Gasteiger partial charge on any atom is 0.133 e. The summed E-state index contributed by atoms with van der Waals surface area (Å²) in [6.07, 6.45) is 12.3. The van der Waals surface area contributed by atoms with Gasteiger partial charge in [0.2, 0.25) is 0 Å². The van der Waals surface area contributed by atoms with E-state index in [1.54, 1.807) is 6.92 Å². The van der Waals surface area contributed by atoms with Crippen molar-refractivity contribution in [2.75, 3.05) is 0 Å². The van der Waals surface area contributed by atoms with Crippen molar-refractivity contribution in [1.82, 2.24) is 0 Å². The molecule has 4 rings (SSSR count). The number of carbonyl (C=O) groups excluding carboxylic acids is 2. The molecule has 3 fully saturated rings. The Labute approximate surface area is 140 Å². The Morgan fingerprint density at radius 2 is 1.96 bits per heavy atom. The molecule has 0 aromatic heterocycles. The molecule has 0 bridgehead atoms. The Hall–Kier alpha value is -0.920. The number of fused-ring (bicyclic) bond motifs is 5. The molecule has 0 heterocycles. The number of hydrogen-bond donors (Lipinski definition) is 0. The molecule has 4 aliphatic carbocycles. The predicted molar refractivity (Wildman–Crippen MR) is 90.8 cm³/mol. The smallest absolute Gasteiger partial charge is 0.133 e. The second kappa shape index (κ2) is 5.04. The predicted octanol–water partition coefficient (Wildman–Crippen LogP) is 4.58. The third kappa shape index (κ3) is 2.06. The van der Waals surface area contributed by atoms with E-state index in [9.17, 15) is 9.59 Å². The van der Waals surface area contributed by atoms with Crippen molar-refractivity contribution in [3.63, 3.8) is 0 Å². The summed E-state index contributed by atoms with van der Waals surface area (Å²) in [6.45, 7) is 6.57. The maximum absolute atomic E-state index is 12.1. The van der Waals surface area contributed by atoms with Gasteiger partial charge in [-0.1, -0.05) is 26.0 Å². The highest BCUT2D eigenvalue weighted by Crippen LogP contribution is 2.64. The number of hydrogen-bond acceptors (Lipinski definition) is 2. The van der Waals surface area contributed by atoms with Crippen LogP contribution in [0.15, 0.2) is 12.2 Å². The van der Waals surface area contributed by atoms with Gasteiger partial charge >= 0.3 is 0 Å². The van der Waals surface area contributed by atoms with E-state index < -0.39 is 0 Å². The first-order valence-corrected chi connectivity index (χ1v) is 9.58. The van der Waals surface area contributed by atoms with Gasteiger partial charge in [-0.3, -0.25) is 9.59 Å². The third-order valence-corrected chi connectivity index (χ3v) is 8.41. The van der Waals surface area contributed by atoms with Crippen LogP contribution in [0.5, 0.6) is 0 Å². The van der Waals surface area contributed by atoms with E-state index in [0.29, 0.717) is 34.7 Å². The molecule has 7 atom stereocenters. The van der Waals surface area contributed by atoms with E-state index >= 15 is 0 Å². The van der Waals surface area contributed by atoms with Crippen molar-refractivity contribution in [2.45, 2.75) is 65.7 Å². The van der Waals surface area contributed by atoms with Crippen molar-refractivity contribution in [3.05, 3.63) is 12.2 Å². The zero-order chi connectivity index (χ0) is 16.4. The van der Waals surface area contributed by atoms with Crippen molar-refractivity contribution in [2.24, 2.45) is 40.4 Å². The van der Waals surface area contributed by atoms with Crippen LogP contribution in [0.1, 0.15) is 65.7 Å². The zero-order valence-corrected chi connectivity index (χ0v) is 14.8. The molecule has 4 aliphatic rings.